The molecule has 0 fully saturated rings. The zero-order valence-electron chi connectivity index (χ0n) is 12.5. The van der Waals surface area contributed by atoms with Gasteiger partial charge in [-0.2, -0.15) is 0 Å². The zero-order valence-corrected chi connectivity index (χ0v) is 12.5. The minimum absolute atomic E-state index is 0.0570. The number of benzene rings is 2. The van der Waals surface area contributed by atoms with Gasteiger partial charge in [-0.3, -0.25) is 0 Å². The molecule has 0 saturated carbocycles. The Morgan fingerprint density at radius 2 is 1.76 bits per heavy atom. The summed E-state index contributed by atoms with van der Waals surface area (Å²) in [6.45, 7) is 4.23. The minimum atomic E-state index is -0.350. The van der Waals surface area contributed by atoms with Crippen LogP contribution in [-0.2, 0) is 16.0 Å². The van der Waals surface area contributed by atoms with Gasteiger partial charge in [0.2, 0.25) is 0 Å². The van der Waals surface area contributed by atoms with Gasteiger partial charge in [0.25, 0.3) is 0 Å². The molecule has 0 heterocycles. The lowest BCUT2D eigenvalue weighted by Gasteiger charge is -2.08. The summed E-state index contributed by atoms with van der Waals surface area (Å²) in [5.41, 5.74) is 3.63. The van der Waals surface area contributed by atoms with Crippen LogP contribution in [0.1, 0.15) is 19.4 Å². The van der Waals surface area contributed by atoms with Crippen LogP contribution in [0.25, 0.3) is 11.1 Å². The molecule has 21 heavy (non-hydrogen) atoms. The maximum atomic E-state index is 11.2. The smallest absolute Gasteiger partial charge is 0.344 e. The first-order valence-corrected chi connectivity index (χ1v) is 7.20. The highest BCUT2D eigenvalue weighted by Gasteiger charge is 2.04. The van der Waals surface area contributed by atoms with Crippen molar-refractivity contribution in [1.82, 2.24) is 0 Å². The lowest BCUT2D eigenvalue weighted by molar-refractivity contribution is -0.145. The highest BCUT2D eigenvalue weighted by atomic mass is 16.6. The summed E-state index contributed by atoms with van der Waals surface area (Å²) in [5, 5.41) is 0. The van der Waals surface area contributed by atoms with Gasteiger partial charge in [0.05, 0.1) is 6.61 Å². The van der Waals surface area contributed by atoms with Crippen molar-refractivity contribution < 1.29 is 14.3 Å². The van der Waals surface area contributed by atoms with Crippen LogP contribution in [0.2, 0.25) is 0 Å². The average Bonchev–Trinajstić information content (AvgIpc) is 2.54. The van der Waals surface area contributed by atoms with Crippen molar-refractivity contribution in [1.29, 1.82) is 0 Å². The topological polar surface area (TPSA) is 35.5 Å². The molecule has 0 radical (unpaired) electrons. The van der Waals surface area contributed by atoms with Gasteiger partial charge in [0, 0.05) is 0 Å². The molecule has 110 valence electrons. The maximum Gasteiger partial charge on any atom is 0.344 e. The Balaban J connectivity index is 2.03. The number of hydrogen-bond donors (Lipinski definition) is 0. The monoisotopic (exact) mass is 284 g/mol. The number of esters is 1. The Bertz CT molecular complexity index is 588. The molecule has 0 atom stereocenters. The van der Waals surface area contributed by atoms with Gasteiger partial charge in [0.15, 0.2) is 6.61 Å². The van der Waals surface area contributed by atoms with E-state index in [9.17, 15) is 4.79 Å². The van der Waals surface area contributed by atoms with Gasteiger partial charge in [-0.1, -0.05) is 43.3 Å². The Kier molecular flexibility index (Phi) is 5.38. The van der Waals surface area contributed by atoms with Crippen LogP contribution in [0.5, 0.6) is 5.75 Å². The molecule has 3 heteroatoms. The molecule has 0 aliphatic rings. The van der Waals surface area contributed by atoms with E-state index in [0.29, 0.717) is 12.4 Å². The molecule has 0 aromatic heterocycles. The first-order chi connectivity index (χ1) is 10.2. The van der Waals surface area contributed by atoms with Crippen LogP contribution < -0.4 is 4.74 Å². The fourth-order valence-corrected chi connectivity index (χ4v) is 2.06. The third kappa shape index (κ3) is 4.35. The number of hydrogen-bond acceptors (Lipinski definition) is 3. The predicted molar refractivity (Wildman–Crippen MR) is 83.4 cm³/mol. The first-order valence-electron chi connectivity index (χ1n) is 7.20. The average molecular weight is 284 g/mol. The fourth-order valence-electron chi connectivity index (χ4n) is 2.06. The second kappa shape index (κ2) is 7.48. The molecule has 2 aromatic carbocycles. The quantitative estimate of drug-likeness (QED) is 0.756. The Labute approximate surface area is 125 Å². The summed E-state index contributed by atoms with van der Waals surface area (Å²) < 4.78 is 10.2. The minimum Gasteiger partial charge on any atom is -0.482 e. The van der Waals surface area contributed by atoms with Crippen molar-refractivity contribution in [2.45, 2.75) is 20.3 Å². The molecular formula is C18H20O3. The summed E-state index contributed by atoms with van der Waals surface area (Å²) >= 11 is 0. The van der Waals surface area contributed by atoms with Gasteiger partial charge in [-0.25, -0.2) is 4.79 Å². The summed E-state index contributed by atoms with van der Waals surface area (Å²) in [4.78, 5) is 11.2. The normalized spacial score (nSPS) is 10.2. The van der Waals surface area contributed by atoms with E-state index in [1.165, 1.54) is 11.1 Å². The van der Waals surface area contributed by atoms with Crippen molar-refractivity contribution >= 4 is 5.97 Å². The summed E-state index contributed by atoms with van der Waals surface area (Å²) in [6, 6.07) is 16.2. The molecule has 2 rings (SSSR count). The molecule has 0 amide bonds. The molecule has 0 N–H and O–H groups in total. The molecule has 0 unspecified atom stereocenters. The molecule has 0 saturated heterocycles. The number of ether oxygens (including phenoxy) is 2. The van der Waals surface area contributed by atoms with Crippen molar-refractivity contribution in [3.63, 3.8) is 0 Å². The maximum absolute atomic E-state index is 11.2. The largest absolute Gasteiger partial charge is 0.482 e. The van der Waals surface area contributed by atoms with E-state index in [1.807, 2.05) is 24.3 Å². The lowest BCUT2D eigenvalue weighted by atomic mass is 10.0. The van der Waals surface area contributed by atoms with Crippen molar-refractivity contribution in [2.75, 3.05) is 13.2 Å². The highest BCUT2D eigenvalue weighted by Crippen LogP contribution is 2.23. The van der Waals surface area contributed by atoms with Gasteiger partial charge in [-0.05, 0) is 42.2 Å². The fraction of sp³-hybridized carbons (Fsp3) is 0.278. The number of carbonyl (C=O) groups is 1. The Morgan fingerprint density at radius 3 is 2.43 bits per heavy atom. The van der Waals surface area contributed by atoms with E-state index in [0.717, 1.165) is 12.0 Å². The van der Waals surface area contributed by atoms with Gasteiger partial charge >= 0.3 is 5.97 Å². The molecule has 0 aliphatic carbocycles. The van der Waals surface area contributed by atoms with E-state index in [-0.39, 0.29) is 12.6 Å². The molecule has 0 aliphatic heterocycles. The van der Waals surface area contributed by atoms with Gasteiger partial charge in [-0.15, -0.1) is 0 Å². The summed E-state index contributed by atoms with van der Waals surface area (Å²) in [6.07, 6.45) is 1.02. The van der Waals surface area contributed by atoms with Crippen molar-refractivity contribution in [3.8, 4) is 16.9 Å². The second-order valence-electron chi connectivity index (χ2n) is 4.67. The van der Waals surface area contributed by atoms with Crippen molar-refractivity contribution in [3.05, 3.63) is 54.1 Å². The van der Waals surface area contributed by atoms with Crippen LogP contribution in [0.15, 0.2) is 48.5 Å². The molecule has 3 nitrogen and oxygen atoms in total. The lowest BCUT2D eigenvalue weighted by Crippen LogP contribution is -2.14. The second-order valence-corrected chi connectivity index (χ2v) is 4.67. The van der Waals surface area contributed by atoms with Crippen LogP contribution >= 0.6 is 0 Å². The first kappa shape index (κ1) is 15.1. The molecular weight excluding hydrogens is 264 g/mol. The predicted octanol–water partition coefficient (Wildman–Crippen LogP) is 3.86. The van der Waals surface area contributed by atoms with Crippen LogP contribution in [0.3, 0.4) is 0 Å². The van der Waals surface area contributed by atoms with Crippen LogP contribution in [0.4, 0.5) is 0 Å². The third-order valence-electron chi connectivity index (χ3n) is 3.18. The number of carbonyl (C=O) groups excluding carboxylic acids is 1. The number of rotatable bonds is 6. The van der Waals surface area contributed by atoms with Crippen LogP contribution in [0, 0.1) is 0 Å². The van der Waals surface area contributed by atoms with E-state index in [1.54, 1.807) is 6.92 Å². The SMILES string of the molecule is CCOC(=O)COc1ccc(-c2cccc(CC)c2)cc1. The molecule has 0 bridgehead atoms. The van der Waals surface area contributed by atoms with E-state index in [4.69, 9.17) is 9.47 Å². The summed E-state index contributed by atoms with van der Waals surface area (Å²) in [5.74, 6) is 0.315. The van der Waals surface area contributed by atoms with Crippen molar-refractivity contribution in [2.24, 2.45) is 0 Å². The van der Waals surface area contributed by atoms with E-state index < -0.39 is 0 Å². The zero-order chi connectivity index (χ0) is 15.1. The van der Waals surface area contributed by atoms with Gasteiger partial charge < -0.3 is 9.47 Å². The molecule has 0 spiro atoms. The van der Waals surface area contributed by atoms with Gasteiger partial charge in [0.1, 0.15) is 5.75 Å². The standard InChI is InChI=1S/C18H20O3/c1-3-14-6-5-7-16(12-14)15-8-10-17(11-9-15)21-13-18(19)20-4-2/h5-12H,3-4,13H2,1-2H3. The van der Waals surface area contributed by atoms with E-state index in [2.05, 4.69) is 31.2 Å². The Hall–Kier alpha value is -2.29. The Morgan fingerprint density at radius 1 is 1.00 bits per heavy atom. The third-order valence-corrected chi connectivity index (χ3v) is 3.18. The highest BCUT2D eigenvalue weighted by molar-refractivity contribution is 5.71. The number of aryl methyl sites for hydroxylation is 1. The van der Waals surface area contributed by atoms with Crippen LogP contribution in [-0.4, -0.2) is 19.2 Å². The van der Waals surface area contributed by atoms with E-state index >= 15 is 0 Å². The molecule has 2 aromatic rings. The summed E-state index contributed by atoms with van der Waals surface area (Å²) in [7, 11) is 0.